The zero-order valence-electron chi connectivity index (χ0n) is 10.7. The number of carbonyl (C=O) groups is 1. The van der Waals surface area contributed by atoms with Gasteiger partial charge in [0.05, 0.1) is 23.9 Å². The van der Waals surface area contributed by atoms with Gasteiger partial charge in [-0.15, -0.1) is 0 Å². The fourth-order valence-electron chi connectivity index (χ4n) is 1.96. The molecule has 0 aromatic carbocycles. The van der Waals surface area contributed by atoms with E-state index in [9.17, 15) is 9.18 Å². The Labute approximate surface area is 106 Å². The van der Waals surface area contributed by atoms with Gasteiger partial charge < -0.3 is 10.4 Å². The number of hydrogen-bond acceptors (Lipinski definition) is 3. The third-order valence-electron chi connectivity index (χ3n) is 2.99. The first-order chi connectivity index (χ1) is 8.54. The van der Waals surface area contributed by atoms with E-state index in [2.05, 4.69) is 10.3 Å². The van der Waals surface area contributed by atoms with E-state index in [1.165, 1.54) is 6.07 Å². The maximum atomic E-state index is 12.9. The molecule has 0 bridgehead atoms. The quantitative estimate of drug-likeness (QED) is 0.783. The summed E-state index contributed by atoms with van der Waals surface area (Å²) in [6.07, 6.45) is 2.53. The van der Waals surface area contributed by atoms with Gasteiger partial charge in [0.2, 0.25) is 0 Å². The second-order valence-electron chi connectivity index (χ2n) is 4.29. The van der Waals surface area contributed by atoms with E-state index < -0.39 is 17.3 Å². The van der Waals surface area contributed by atoms with Crippen molar-refractivity contribution in [2.24, 2.45) is 0 Å². The summed E-state index contributed by atoms with van der Waals surface area (Å²) in [5.41, 5.74) is -0.155. The van der Waals surface area contributed by atoms with E-state index in [4.69, 9.17) is 5.11 Å². The molecule has 0 fully saturated rings. The Morgan fingerprint density at radius 2 is 2.22 bits per heavy atom. The lowest BCUT2D eigenvalue weighted by atomic mass is 9.87. The molecule has 2 N–H and O–H groups in total. The maximum Gasteiger partial charge on any atom is 0.305 e. The van der Waals surface area contributed by atoms with Crippen LogP contribution < -0.4 is 5.32 Å². The number of carboxylic acids is 1. The van der Waals surface area contributed by atoms with Gasteiger partial charge in [-0.3, -0.25) is 9.78 Å². The van der Waals surface area contributed by atoms with Crippen LogP contribution in [-0.4, -0.2) is 22.6 Å². The normalized spacial score (nSPS) is 14.2. The Morgan fingerprint density at radius 1 is 1.50 bits per heavy atom. The largest absolute Gasteiger partial charge is 0.481 e. The molecule has 0 spiro atoms. The molecule has 5 heteroatoms. The first kappa shape index (κ1) is 14.6. The van der Waals surface area contributed by atoms with Crippen LogP contribution in [0.2, 0.25) is 0 Å². The summed E-state index contributed by atoms with van der Waals surface area (Å²) in [4.78, 5) is 15.1. The van der Waals surface area contributed by atoms with Crippen LogP contribution in [0.5, 0.6) is 0 Å². The van der Waals surface area contributed by atoms with E-state index in [-0.39, 0.29) is 6.42 Å². The third-order valence-corrected chi connectivity index (χ3v) is 2.99. The summed E-state index contributed by atoms with van der Waals surface area (Å²) >= 11 is 0. The summed E-state index contributed by atoms with van der Waals surface area (Å²) in [6.45, 7) is 4.60. The minimum absolute atomic E-state index is 0.0673. The molecule has 1 rings (SSSR count). The van der Waals surface area contributed by atoms with Crippen LogP contribution in [0.15, 0.2) is 18.3 Å². The summed E-state index contributed by atoms with van der Waals surface area (Å²) < 4.78 is 12.9. The lowest BCUT2D eigenvalue weighted by Gasteiger charge is -2.32. The van der Waals surface area contributed by atoms with Crippen LogP contribution in [0, 0.1) is 5.82 Å². The molecular weight excluding hydrogens is 235 g/mol. The number of halogens is 1. The van der Waals surface area contributed by atoms with Gasteiger partial charge in [-0.25, -0.2) is 4.39 Å². The van der Waals surface area contributed by atoms with Gasteiger partial charge >= 0.3 is 5.97 Å². The van der Waals surface area contributed by atoms with Crippen molar-refractivity contribution in [2.45, 2.75) is 38.6 Å². The first-order valence-corrected chi connectivity index (χ1v) is 6.13. The highest BCUT2D eigenvalue weighted by Crippen LogP contribution is 2.27. The smallest absolute Gasteiger partial charge is 0.305 e. The predicted octanol–water partition coefficient (Wildman–Crippen LogP) is 2.30. The fraction of sp³-hybridized carbons (Fsp3) is 0.538. The molecule has 0 radical (unpaired) electrons. The summed E-state index contributed by atoms with van der Waals surface area (Å²) in [7, 11) is 0. The van der Waals surface area contributed by atoms with Gasteiger partial charge in [-0.2, -0.15) is 0 Å². The number of rotatable bonds is 7. The number of carboxylic acid groups (broad SMARTS) is 1. The molecule has 0 aliphatic rings. The summed E-state index contributed by atoms with van der Waals surface area (Å²) in [5, 5.41) is 12.3. The van der Waals surface area contributed by atoms with Crippen molar-refractivity contribution in [3.63, 3.8) is 0 Å². The van der Waals surface area contributed by atoms with E-state index >= 15 is 0 Å². The number of nitrogens with zero attached hydrogens (tertiary/aromatic N) is 1. The van der Waals surface area contributed by atoms with Crippen LogP contribution in [0.4, 0.5) is 4.39 Å². The highest BCUT2D eigenvalue weighted by molar-refractivity contribution is 5.68. The molecule has 0 saturated carbocycles. The van der Waals surface area contributed by atoms with Gasteiger partial charge in [0, 0.05) is 0 Å². The van der Waals surface area contributed by atoms with Crippen LogP contribution in [0.3, 0.4) is 0 Å². The molecule has 18 heavy (non-hydrogen) atoms. The molecule has 1 heterocycles. The van der Waals surface area contributed by atoms with Crippen LogP contribution in [0.25, 0.3) is 0 Å². The van der Waals surface area contributed by atoms with E-state index in [0.717, 1.165) is 12.6 Å². The van der Waals surface area contributed by atoms with Gasteiger partial charge in [-0.05, 0) is 31.5 Å². The molecule has 1 unspecified atom stereocenters. The number of aliphatic carboxylic acids is 1. The molecule has 0 saturated heterocycles. The number of hydrogen-bond donors (Lipinski definition) is 2. The minimum atomic E-state index is -0.897. The third kappa shape index (κ3) is 3.50. The lowest BCUT2D eigenvalue weighted by Crippen LogP contribution is -2.44. The molecule has 4 nitrogen and oxygen atoms in total. The number of aromatic nitrogens is 1. The van der Waals surface area contributed by atoms with Gasteiger partial charge in [0.1, 0.15) is 5.82 Å². The van der Waals surface area contributed by atoms with Gasteiger partial charge in [-0.1, -0.05) is 13.8 Å². The van der Waals surface area contributed by atoms with Crippen LogP contribution >= 0.6 is 0 Å². The Morgan fingerprint density at radius 3 is 2.67 bits per heavy atom. The zero-order chi connectivity index (χ0) is 13.6. The molecule has 0 aliphatic heterocycles. The average molecular weight is 254 g/mol. The molecule has 0 aliphatic carbocycles. The molecule has 100 valence electrons. The van der Waals surface area contributed by atoms with Crippen molar-refractivity contribution in [3.8, 4) is 0 Å². The standard InChI is InChI=1S/C13H19FN2O2/c1-3-7-16-13(4-2,8-12(17)18)11-6-5-10(14)9-15-11/h5-6,9,16H,3-4,7-8H2,1-2H3,(H,17,18). The highest BCUT2D eigenvalue weighted by Gasteiger charge is 2.33. The number of pyridine rings is 1. The average Bonchev–Trinajstić information content (AvgIpc) is 2.35. The first-order valence-electron chi connectivity index (χ1n) is 6.13. The van der Waals surface area contributed by atoms with Crippen LogP contribution in [-0.2, 0) is 10.3 Å². The van der Waals surface area contributed by atoms with Crippen molar-refractivity contribution in [3.05, 3.63) is 29.8 Å². The van der Waals surface area contributed by atoms with E-state index in [0.29, 0.717) is 18.7 Å². The number of nitrogens with one attached hydrogen (secondary N) is 1. The second kappa shape index (κ2) is 6.44. The Bertz CT molecular complexity index is 394. The SMILES string of the molecule is CCCNC(CC)(CC(=O)O)c1ccc(F)cn1. The zero-order valence-corrected chi connectivity index (χ0v) is 10.7. The minimum Gasteiger partial charge on any atom is -0.481 e. The fourth-order valence-corrected chi connectivity index (χ4v) is 1.96. The second-order valence-corrected chi connectivity index (χ2v) is 4.29. The van der Waals surface area contributed by atoms with Crippen molar-refractivity contribution < 1.29 is 14.3 Å². The Balaban J connectivity index is 3.07. The Kier molecular flexibility index (Phi) is 5.22. The summed E-state index contributed by atoms with van der Waals surface area (Å²) in [6, 6.07) is 2.85. The highest BCUT2D eigenvalue weighted by atomic mass is 19.1. The van der Waals surface area contributed by atoms with Gasteiger partial charge in [0.25, 0.3) is 0 Å². The molecule has 1 aromatic rings. The monoisotopic (exact) mass is 254 g/mol. The molecule has 0 amide bonds. The predicted molar refractivity (Wildman–Crippen MR) is 66.7 cm³/mol. The van der Waals surface area contributed by atoms with Crippen molar-refractivity contribution >= 4 is 5.97 Å². The van der Waals surface area contributed by atoms with Gasteiger partial charge in [0.15, 0.2) is 0 Å². The van der Waals surface area contributed by atoms with E-state index in [1.54, 1.807) is 6.07 Å². The maximum absolute atomic E-state index is 12.9. The van der Waals surface area contributed by atoms with Crippen molar-refractivity contribution in [2.75, 3.05) is 6.54 Å². The molecular formula is C13H19FN2O2. The lowest BCUT2D eigenvalue weighted by molar-refractivity contribution is -0.139. The van der Waals surface area contributed by atoms with Crippen molar-refractivity contribution in [1.29, 1.82) is 0 Å². The van der Waals surface area contributed by atoms with Crippen molar-refractivity contribution in [1.82, 2.24) is 10.3 Å². The Hall–Kier alpha value is -1.49. The van der Waals surface area contributed by atoms with Crippen LogP contribution in [0.1, 0.15) is 38.8 Å². The summed E-state index contributed by atoms with van der Waals surface area (Å²) in [5.74, 6) is -1.32. The molecule has 1 aromatic heterocycles. The topological polar surface area (TPSA) is 62.2 Å². The van der Waals surface area contributed by atoms with E-state index in [1.807, 2.05) is 13.8 Å². The molecule has 1 atom stereocenters.